The summed E-state index contributed by atoms with van der Waals surface area (Å²) in [4.78, 5) is 0. The van der Waals surface area contributed by atoms with Gasteiger partial charge in [-0.2, -0.15) is 0 Å². The normalized spacial score (nSPS) is 12.3. The third-order valence-corrected chi connectivity index (χ3v) is 1.90. The van der Waals surface area contributed by atoms with Crippen molar-refractivity contribution in [2.45, 2.75) is 20.8 Å². The van der Waals surface area contributed by atoms with Crippen LogP contribution in [0.2, 0.25) is 0 Å². The van der Waals surface area contributed by atoms with Gasteiger partial charge in [0.25, 0.3) is 0 Å². The van der Waals surface area contributed by atoms with Gasteiger partial charge in [-0.15, -0.1) is 0 Å². The molecule has 0 aliphatic heterocycles. The minimum atomic E-state index is 0.557. The summed E-state index contributed by atoms with van der Waals surface area (Å²) in [5.74, 6) is 0.721. The van der Waals surface area contributed by atoms with E-state index in [0.29, 0.717) is 6.61 Å². The molecule has 0 radical (unpaired) electrons. The predicted octanol–water partition coefficient (Wildman–Crippen LogP) is 3.38. The number of ether oxygens (including phenoxy) is 1. The van der Waals surface area contributed by atoms with E-state index in [4.69, 9.17) is 4.74 Å². The molecule has 84 valence electrons. The van der Waals surface area contributed by atoms with Crippen LogP contribution in [0.1, 0.15) is 20.8 Å². The Hall–Kier alpha value is -1.09. The first-order valence-electron chi connectivity index (χ1n) is 4.69. The van der Waals surface area contributed by atoms with Crippen molar-refractivity contribution < 1.29 is 4.74 Å². The molecule has 0 unspecified atom stereocenters. The van der Waals surface area contributed by atoms with Crippen molar-refractivity contribution in [3.05, 3.63) is 47.9 Å². The van der Waals surface area contributed by atoms with Crippen molar-refractivity contribution in [2.24, 2.45) is 0 Å². The highest BCUT2D eigenvalue weighted by atomic mass is 32.1. The molecule has 0 aromatic rings. The topological polar surface area (TPSA) is 21.3 Å². The van der Waals surface area contributed by atoms with Crippen molar-refractivity contribution in [3.8, 4) is 0 Å². The molecule has 0 saturated carbocycles. The van der Waals surface area contributed by atoms with E-state index < -0.39 is 0 Å². The monoisotopic (exact) mass is 225 g/mol. The fraction of sp³-hybridized carbons (Fsp3) is 0.333. The van der Waals surface area contributed by atoms with Crippen LogP contribution in [0, 0.1) is 0 Å². The van der Waals surface area contributed by atoms with Crippen molar-refractivity contribution >= 4 is 12.8 Å². The van der Waals surface area contributed by atoms with E-state index >= 15 is 0 Å². The number of nitrogens with one attached hydrogen (secondary N) is 1. The molecule has 0 spiro atoms. The lowest BCUT2D eigenvalue weighted by Gasteiger charge is -2.05. The third-order valence-electron chi connectivity index (χ3n) is 1.66. The smallest absolute Gasteiger partial charge is 0.109 e. The lowest BCUT2D eigenvalue weighted by atomic mass is 10.2. The zero-order chi connectivity index (χ0) is 11.8. The number of hydrogen-bond acceptors (Lipinski definition) is 3. The summed E-state index contributed by atoms with van der Waals surface area (Å²) in [5.41, 5.74) is 2.95. The molecule has 0 amide bonds. The molecule has 0 atom stereocenters. The van der Waals surface area contributed by atoms with Crippen molar-refractivity contribution in [2.75, 3.05) is 6.61 Å². The number of hydrogen-bond donors (Lipinski definition) is 2. The Balaban J connectivity index is 4.34. The van der Waals surface area contributed by atoms with Crippen LogP contribution in [0.5, 0.6) is 0 Å². The number of rotatable bonds is 6. The molecular weight excluding hydrogens is 206 g/mol. The highest BCUT2D eigenvalue weighted by Gasteiger charge is 1.93. The van der Waals surface area contributed by atoms with Gasteiger partial charge < -0.3 is 9.46 Å². The van der Waals surface area contributed by atoms with Crippen molar-refractivity contribution in [3.63, 3.8) is 0 Å². The standard InChI is InChI=1S/C12H19NOS/c1-9(2)12(13-15)7-6-11(5)8-14-10(3)4/h6-7,13,15H,1,3,8H2,2,4-5H3/b11-6+,12-7+. The molecule has 0 aromatic heterocycles. The first-order chi connectivity index (χ1) is 6.97. The van der Waals surface area contributed by atoms with Gasteiger partial charge in [-0.1, -0.05) is 32.0 Å². The van der Waals surface area contributed by atoms with E-state index in [2.05, 4.69) is 30.7 Å². The van der Waals surface area contributed by atoms with Crippen LogP contribution in [0.3, 0.4) is 0 Å². The zero-order valence-electron chi connectivity index (χ0n) is 9.63. The molecule has 0 fully saturated rings. The van der Waals surface area contributed by atoms with E-state index in [1.165, 1.54) is 0 Å². The average molecular weight is 225 g/mol. The lowest BCUT2D eigenvalue weighted by Crippen LogP contribution is -1.99. The van der Waals surface area contributed by atoms with Gasteiger partial charge in [-0.25, -0.2) is 0 Å². The maximum Gasteiger partial charge on any atom is 0.109 e. The Labute approximate surface area is 97.9 Å². The van der Waals surface area contributed by atoms with Crippen LogP contribution in [0.4, 0.5) is 0 Å². The zero-order valence-corrected chi connectivity index (χ0v) is 10.5. The first kappa shape index (κ1) is 13.9. The molecule has 0 rings (SSSR count). The summed E-state index contributed by atoms with van der Waals surface area (Å²) in [7, 11) is 0. The second-order valence-electron chi connectivity index (χ2n) is 3.48. The lowest BCUT2D eigenvalue weighted by molar-refractivity contribution is 0.243. The molecule has 0 bridgehead atoms. The average Bonchev–Trinajstić information content (AvgIpc) is 2.15. The van der Waals surface area contributed by atoms with Crippen LogP contribution in [-0.2, 0) is 4.74 Å². The maximum absolute atomic E-state index is 5.28. The van der Waals surface area contributed by atoms with E-state index in [9.17, 15) is 0 Å². The Morgan fingerprint density at radius 2 is 1.87 bits per heavy atom. The van der Waals surface area contributed by atoms with Gasteiger partial charge in [0.15, 0.2) is 0 Å². The second kappa shape index (κ2) is 7.23. The highest BCUT2D eigenvalue weighted by Crippen LogP contribution is 2.06. The molecule has 0 aromatic carbocycles. The SMILES string of the molecule is C=C(C)OC/C(C)=C/C=C(/NS)C(=C)C. The molecule has 15 heavy (non-hydrogen) atoms. The van der Waals surface area contributed by atoms with Crippen LogP contribution in [-0.4, -0.2) is 6.61 Å². The Bertz CT molecular complexity index is 303. The minimum Gasteiger partial charge on any atom is -0.495 e. The van der Waals surface area contributed by atoms with E-state index in [1.807, 2.05) is 32.9 Å². The largest absolute Gasteiger partial charge is 0.495 e. The maximum atomic E-state index is 5.28. The van der Waals surface area contributed by atoms with Crippen LogP contribution >= 0.6 is 12.8 Å². The van der Waals surface area contributed by atoms with E-state index in [0.717, 1.165) is 22.6 Å². The van der Waals surface area contributed by atoms with Gasteiger partial charge in [-0.3, -0.25) is 0 Å². The van der Waals surface area contributed by atoms with Crippen LogP contribution in [0.25, 0.3) is 0 Å². The summed E-state index contributed by atoms with van der Waals surface area (Å²) in [6.45, 7) is 13.8. The fourth-order valence-corrected chi connectivity index (χ4v) is 1.05. The second-order valence-corrected chi connectivity index (χ2v) is 3.70. The summed E-state index contributed by atoms with van der Waals surface area (Å²) in [6, 6.07) is 0. The molecule has 2 nitrogen and oxygen atoms in total. The predicted molar refractivity (Wildman–Crippen MR) is 69.5 cm³/mol. The summed E-state index contributed by atoms with van der Waals surface area (Å²) >= 11 is 3.99. The number of allylic oxidation sites excluding steroid dienone is 4. The molecule has 3 heteroatoms. The van der Waals surface area contributed by atoms with Gasteiger partial charge in [0.05, 0.1) is 5.76 Å². The molecule has 0 aliphatic carbocycles. The fourth-order valence-electron chi connectivity index (χ4n) is 0.786. The molecule has 0 saturated heterocycles. The van der Waals surface area contributed by atoms with Crippen LogP contribution < -0.4 is 4.72 Å². The highest BCUT2D eigenvalue weighted by molar-refractivity contribution is 7.78. The van der Waals surface area contributed by atoms with Crippen molar-refractivity contribution in [1.82, 2.24) is 4.72 Å². The summed E-state index contributed by atoms with van der Waals surface area (Å²) in [5, 5.41) is 0. The Kier molecular flexibility index (Phi) is 6.71. The molecule has 0 heterocycles. The van der Waals surface area contributed by atoms with Gasteiger partial charge in [0.1, 0.15) is 6.61 Å². The molecule has 0 aliphatic rings. The minimum absolute atomic E-state index is 0.557. The van der Waals surface area contributed by atoms with Gasteiger partial charge >= 0.3 is 0 Å². The Morgan fingerprint density at radius 3 is 2.27 bits per heavy atom. The molecular formula is C12H19NOS. The van der Waals surface area contributed by atoms with Gasteiger partial charge in [0.2, 0.25) is 0 Å². The van der Waals surface area contributed by atoms with E-state index in [-0.39, 0.29) is 0 Å². The van der Waals surface area contributed by atoms with Crippen molar-refractivity contribution in [1.29, 1.82) is 0 Å². The molecule has 1 N–H and O–H groups in total. The third kappa shape index (κ3) is 6.91. The summed E-state index contributed by atoms with van der Waals surface area (Å²) in [6.07, 6.45) is 3.89. The van der Waals surface area contributed by atoms with E-state index in [1.54, 1.807) is 0 Å². The van der Waals surface area contributed by atoms with Gasteiger partial charge in [0, 0.05) is 5.70 Å². The van der Waals surface area contributed by atoms with Crippen LogP contribution in [0.15, 0.2) is 47.9 Å². The number of thiol groups is 1. The summed E-state index contributed by atoms with van der Waals surface area (Å²) < 4.78 is 8.05. The van der Waals surface area contributed by atoms with Gasteiger partial charge in [-0.05, 0) is 38.0 Å². The Morgan fingerprint density at radius 1 is 1.27 bits per heavy atom. The first-order valence-corrected chi connectivity index (χ1v) is 5.13. The quantitative estimate of drug-likeness (QED) is 0.411.